The van der Waals surface area contributed by atoms with Crippen LogP contribution in [-0.4, -0.2) is 108 Å². The highest BCUT2D eigenvalue weighted by Gasteiger charge is 2.49. The first-order valence-electron chi connectivity index (χ1n) is 22.8. The van der Waals surface area contributed by atoms with Gasteiger partial charge in [-0.05, 0) is 45.5 Å². The minimum atomic E-state index is -2.41. The van der Waals surface area contributed by atoms with E-state index in [1.165, 1.54) is 26.4 Å². The van der Waals surface area contributed by atoms with Crippen LogP contribution in [0.15, 0.2) is 12.1 Å². The summed E-state index contributed by atoms with van der Waals surface area (Å²) in [6.07, 6.45) is 14.2. The normalized spacial score (nSPS) is 11.2. The second-order valence-electron chi connectivity index (χ2n) is 15.8. The third-order valence-electron chi connectivity index (χ3n) is 10.0. The molecule has 0 aliphatic rings. The Bertz CT molecular complexity index is 1400. The Morgan fingerprint density at radius 3 is 1.37 bits per heavy atom. The molecule has 0 amide bonds. The maximum atomic E-state index is 14.0. The molecule has 0 aliphatic heterocycles. The van der Waals surface area contributed by atoms with Crippen LogP contribution in [0.5, 0.6) is 17.2 Å². The van der Waals surface area contributed by atoms with E-state index in [1.54, 1.807) is 0 Å². The summed E-state index contributed by atoms with van der Waals surface area (Å²) in [4.78, 5) is 82.0. The lowest BCUT2D eigenvalue weighted by molar-refractivity contribution is -0.191. The molecule has 62 heavy (non-hydrogen) atoms. The second kappa shape index (κ2) is 34.1. The number of carbonyl (C=O) groups excluding carboxylic acids is 6. The predicted molar refractivity (Wildman–Crippen MR) is 234 cm³/mol. The molecule has 0 saturated carbocycles. The predicted octanol–water partition coefficient (Wildman–Crippen LogP) is 8.88. The number of hydrogen-bond donors (Lipinski definition) is 0. The molecule has 15 nitrogen and oxygen atoms in total. The molecule has 0 radical (unpaired) electrons. The molecule has 0 aromatic heterocycles. The Labute approximate surface area is 370 Å². The summed E-state index contributed by atoms with van der Waals surface area (Å²) in [7, 11) is 6.31. The van der Waals surface area contributed by atoms with Crippen LogP contribution in [0.2, 0.25) is 0 Å². The van der Waals surface area contributed by atoms with Crippen LogP contribution in [0.3, 0.4) is 0 Å². The van der Waals surface area contributed by atoms with Crippen LogP contribution >= 0.6 is 0 Å². The summed E-state index contributed by atoms with van der Waals surface area (Å²) >= 11 is 0. The number of ether oxygens (including phenoxy) is 8. The Morgan fingerprint density at radius 1 is 0.516 bits per heavy atom. The van der Waals surface area contributed by atoms with Crippen molar-refractivity contribution in [2.75, 3.05) is 61.3 Å². The van der Waals surface area contributed by atoms with Crippen LogP contribution in [0, 0.1) is 0 Å². The molecule has 1 rings (SSSR count). The fraction of sp³-hybridized carbons (Fsp3) is 0.745. The lowest BCUT2D eigenvalue weighted by atomic mass is 9.94. The van der Waals surface area contributed by atoms with E-state index in [0.717, 1.165) is 96.3 Å². The highest BCUT2D eigenvalue weighted by Crippen LogP contribution is 2.39. The molecule has 0 saturated heterocycles. The van der Waals surface area contributed by atoms with E-state index in [9.17, 15) is 28.8 Å². The van der Waals surface area contributed by atoms with Crippen molar-refractivity contribution in [3.8, 4) is 17.2 Å². The van der Waals surface area contributed by atoms with E-state index in [-0.39, 0.29) is 49.2 Å². The molecule has 0 heterocycles. The topological polar surface area (TPSA) is 179 Å². The molecular formula is C47H77NO14. The zero-order chi connectivity index (χ0) is 46.0. The lowest BCUT2D eigenvalue weighted by Gasteiger charge is -2.30. The fourth-order valence-electron chi connectivity index (χ4n) is 6.35. The molecule has 0 aliphatic carbocycles. The van der Waals surface area contributed by atoms with Gasteiger partial charge < -0.3 is 42.8 Å². The number of benzene rings is 1. The quantitative estimate of drug-likeness (QED) is 0.0267. The van der Waals surface area contributed by atoms with Gasteiger partial charge in [0.05, 0.1) is 65.3 Å². The SMILES string of the molecule is CCCCCCCCOC(=O)CC(CC(=O)OCCCCCCCC)(OC(=O)CCC(=O)Oc1c(OC)cc(C(=O)OCCN(C)C)cc1OC)C(=O)OCCCCCCCC. The zero-order valence-electron chi connectivity index (χ0n) is 38.9. The highest BCUT2D eigenvalue weighted by atomic mass is 16.6. The van der Waals surface area contributed by atoms with Crippen molar-refractivity contribution >= 4 is 35.8 Å². The third kappa shape index (κ3) is 24.3. The first-order valence-corrected chi connectivity index (χ1v) is 22.8. The number of hydrogen-bond acceptors (Lipinski definition) is 15. The van der Waals surface area contributed by atoms with Crippen molar-refractivity contribution in [2.24, 2.45) is 0 Å². The Balaban J connectivity index is 3.26. The average molecular weight is 880 g/mol. The molecule has 15 heteroatoms. The van der Waals surface area contributed by atoms with Crippen molar-refractivity contribution in [1.82, 2.24) is 4.90 Å². The highest BCUT2D eigenvalue weighted by molar-refractivity contribution is 5.93. The van der Waals surface area contributed by atoms with Crippen molar-refractivity contribution in [1.29, 1.82) is 0 Å². The van der Waals surface area contributed by atoms with Gasteiger partial charge in [0.15, 0.2) is 11.5 Å². The summed E-state index contributed by atoms with van der Waals surface area (Å²) in [6.45, 7) is 7.16. The Hall–Kier alpha value is -4.40. The van der Waals surface area contributed by atoms with Crippen LogP contribution < -0.4 is 14.2 Å². The molecule has 354 valence electrons. The summed E-state index contributed by atoms with van der Waals surface area (Å²) in [5.41, 5.74) is -2.32. The molecule has 1 aromatic carbocycles. The molecule has 0 fully saturated rings. The maximum Gasteiger partial charge on any atom is 0.351 e. The van der Waals surface area contributed by atoms with Gasteiger partial charge in [-0.3, -0.25) is 19.2 Å². The van der Waals surface area contributed by atoms with Gasteiger partial charge in [-0.25, -0.2) is 9.59 Å². The Kier molecular flexibility index (Phi) is 30.6. The number of esters is 6. The van der Waals surface area contributed by atoms with Gasteiger partial charge in [-0.1, -0.05) is 117 Å². The van der Waals surface area contributed by atoms with E-state index in [4.69, 9.17) is 37.9 Å². The maximum absolute atomic E-state index is 14.0. The summed E-state index contributed by atoms with van der Waals surface area (Å²) in [5.74, 6) is -5.57. The average Bonchev–Trinajstić information content (AvgIpc) is 3.24. The lowest BCUT2D eigenvalue weighted by Crippen LogP contribution is -2.49. The number of carbonyl (C=O) groups is 6. The molecule has 0 N–H and O–H groups in total. The molecule has 0 unspecified atom stereocenters. The standard InChI is InChI=1S/C47H77NO14/c1-8-11-14-17-20-23-29-57-42(51)35-47(46(54)60-31-25-22-19-16-13-10-3,36-43(52)58-30-24-21-18-15-12-9-2)62-41(50)27-26-40(49)61-44-38(55-6)33-37(34-39(44)56-7)45(53)59-32-28-48(4)5/h33-34H,8-32,35-36H2,1-7H3. The van der Waals surface area contributed by atoms with Gasteiger partial charge in [-0.15, -0.1) is 0 Å². The minimum Gasteiger partial charge on any atom is -0.493 e. The number of unbranched alkanes of at least 4 members (excludes halogenated alkanes) is 15. The number of likely N-dealkylation sites (N-methyl/N-ethyl adjacent to an activating group) is 1. The van der Waals surface area contributed by atoms with Crippen molar-refractivity contribution in [3.05, 3.63) is 17.7 Å². The summed E-state index contributed by atoms with van der Waals surface area (Å²) in [5, 5.41) is 0. The van der Waals surface area contributed by atoms with E-state index < -0.39 is 67.1 Å². The van der Waals surface area contributed by atoms with Gasteiger partial charge in [0.1, 0.15) is 6.61 Å². The third-order valence-corrected chi connectivity index (χ3v) is 10.0. The Morgan fingerprint density at radius 2 is 0.935 bits per heavy atom. The van der Waals surface area contributed by atoms with Gasteiger partial charge in [0, 0.05) is 6.54 Å². The first-order chi connectivity index (χ1) is 29.9. The van der Waals surface area contributed by atoms with Crippen molar-refractivity contribution in [2.45, 2.75) is 168 Å². The monoisotopic (exact) mass is 880 g/mol. The zero-order valence-corrected chi connectivity index (χ0v) is 38.9. The summed E-state index contributed by atoms with van der Waals surface area (Å²) < 4.78 is 44.0. The molecule has 0 spiro atoms. The van der Waals surface area contributed by atoms with Gasteiger partial charge in [0.2, 0.25) is 11.4 Å². The van der Waals surface area contributed by atoms with Crippen LogP contribution in [0.25, 0.3) is 0 Å². The smallest absolute Gasteiger partial charge is 0.351 e. The van der Waals surface area contributed by atoms with Crippen LogP contribution in [0.1, 0.15) is 172 Å². The largest absolute Gasteiger partial charge is 0.493 e. The first kappa shape index (κ1) is 55.6. The number of rotatable bonds is 37. The fourth-order valence-corrected chi connectivity index (χ4v) is 6.35. The van der Waals surface area contributed by atoms with E-state index in [0.29, 0.717) is 25.8 Å². The van der Waals surface area contributed by atoms with Crippen molar-refractivity contribution < 1.29 is 66.7 Å². The van der Waals surface area contributed by atoms with E-state index >= 15 is 0 Å². The second-order valence-corrected chi connectivity index (χ2v) is 15.8. The molecule has 0 atom stereocenters. The minimum absolute atomic E-state index is 0.00842. The number of nitrogens with zero attached hydrogens (tertiary/aromatic N) is 1. The summed E-state index contributed by atoms with van der Waals surface area (Å²) in [6, 6.07) is 2.67. The van der Waals surface area contributed by atoms with Crippen LogP contribution in [0.4, 0.5) is 0 Å². The number of methoxy groups -OCH3 is 2. The van der Waals surface area contributed by atoms with Crippen LogP contribution in [-0.2, 0) is 47.7 Å². The van der Waals surface area contributed by atoms with Gasteiger partial charge >= 0.3 is 35.8 Å². The van der Waals surface area contributed by atoms with Gasteiger partial charge in [0.25, 0.3) is 0 Å². The van der Waals surface area contributed by atoms with E-state index in [2.05, 4.69) is 20.8 Å². The molecular weight excluding hydrogens is 803 g/mol. The molecule has 0 bridgehead atoms. The van der Waals surface area contributed by atoms with Gasteiger partial charge in [-0.2, -0.15) is 0 Å². The van der Waals surface area contributed by atoms with Crippen molar-refractivity contribution in [3.63, 3.8) is 0 Å². The molecule has 1 aromatic rings. The van der Waals surface area contributed by atoms with E-state index in [1.807, 2.05) is 19.0 Å².